The fourth-order valence-electron chi connectivity index (χ4n) is 2.02. The Morgan fingerprint density at radius 3 is 2.43 bits per heavy atom. The van der Waals surface area contributed by atoms with Gasteiger partial charge in [0.25, 0.3) is 0 Å². The molecule has 0 aromatic rings. The van der Waals surface area contributed by atoms with Gasteiger partial charge >= 0.3 is 0 Å². The van der Waals surface area contributed by atoms with E-state index < -0.39 is 0 Å². The van der Waals surface area contributed by atoms with Gasteiger partial charge in [0.05, 0.1) is 6.61 Å². The van der Waals surface area contributed by atoms with Crippen molar-refractivity contribution in [2.24, 2.45) is 5.41 Å². The Balaban J connectivity index is 2.58. The zero-order chi connectivity index (χ0) is 10.6. The third-order valence-electron chi connectivity index (χ3n) is 3.53. The summed E-state index contributed by atoms with van der Waals surface area (Å²) in [6, 6.07) is 0. The van der Waals surface area contributed by atoms with Crippen molar-refractivity contribution in [1.82, 2.24) is 4.90 Å². The van der Waals surface area contributed by atoms with Crippen molar-refractivity contribution in [3.63, 3.8) is 0 Å². The van der Waals surface area contributed by atoms with E-state index in [0.29, 0.717) is 6.42 Å². The number of aliphatic hydroxyl groups excluding tert-OH is 1. The van der Waals surface area contributed by atoms with E-state index in [-0.39, 0.29) is 17.9 Å². The molecule has 1 heterocycles. The highest BCUT2D eigenvalue weighted by Crippen LogP contribution is 2.28. The molecule has 1 aliphatic rings. The molecule has 82 valence electrons. The smallest absolute Gasteiger partial charge is 0.222 e. The average molecular weight is 199 g/mol. The van der Waals surface area contributed by atoms with Crippen LogP contribution in [0.2, 0.25) is 0 Å². The van der Waals surface area contributed by atoms with Gasteiger partial charge < -0.3 is 10.0 Å². The van der Waals surface area contributed by atoms with Gasteiger partial charge in [-0.2, -0.15) is 0 Å². The Bertz CT molecular complexity index is 191. The van der Waals surface area contributed by atoms with E-state index in [4.69, 9.17) is 0 Å². The normalized spacial score (nSPS) is 17.9. The van der Waals surface area contributed by atoms with Gasteiger partial charge in [0.2, 0.25) is 5.91 Å². The lowest BCUT2D eigenvalue weighted by atomic mass is 9.83. The zero-order valence-electron chi connectivity index (χ0n) is 9.25. The van der Waals surface area contributed by atoms with Crippen LogP contribution < -0.4 is 0 Å². The molecule has 1 N–H and O–H groups in total. The van der Waals surface area contributed by atoms with Gasteiger partial charge in [0.1, 0.15) is 0 Å². The molecule has 0 aromatic heterocycles. The fourth-order valence-corrected chi connectivity index (χ4v) is 2.02. The molecule has 1 saturated heterocycles. The zero-order valence-corrected chi connectivity index (χ0v) is 9.25. The van der Waals surface area contributed by atoms with Crippen molar-refractivity contribution in [2.45, 2.75) is 39.5 Å². The van der Waals surface area contributed by atoms with Gasteiger partial charge in [-0.25, -0.2) is 0 Å². The second-order valence-corrected chi connectivity index (χ2v) is 4.28. The molecular formula is C11H21NO2. The van der Waals surface area contributed by atoms with Crippen LogP contribution in [0.3, 0.4) is 0 Å². The van der Waals surface area contributed by atoms with Crippen LogP contribution in [-0.4, -0.2) is 35.6 Å². The number of hydrogen-bond acceptors (Lipinski definition) is 2. The van der Waals surface area contributed by atoms with E-state index in [1.54, 1.807) is 0 Å². The van der Waals surface area contributed by atoms with Gasteiger partial charge in [-0.1, -0.05) is 13.8 Å². The highest BCUT2D eigenvalue weighted by Gasteiger charge is 2.31. The van der Waals surface area contributed by atoms with Crippen molar-refractivity contribution in [2.75, 3.05) is 19.7 Å². The fraction of sp³-hybridized carbons (Fsp3) is 0.909. The molecule has 0 aromatic carbocycles. The molecule has 0 atom stereocenters. The molecule has 0 saturated carbocycles. The first-order chi connectivity index (χ1) is 6.67. The molecule has 1 amide bonds. The number of aliphatic hydroxyl groups is 1. The number of carbonyl (C=O) groups excluding carboxylic acids is 1. The minimum Gasteiger partial charge on any atom is -0.396 e. The maximum Gasteiger partial charge on any atom is 0.222 e. The van der Waals surface area contributed by atoms with Crippen molar-refractivity contribution < 1.29 is 9.90 Å². The number of nitrogens with zero attached hydrogens (tertiary/aromatic N) is 1. The second kappa shape index (κ2) is 4.78. The van der Waals surface area contributed by atoms with Crippen LogP contribution in [0, 0.1) is 5.41 Å². The van der Waals surface area contributed by atoms with Gasteiger partial charge in [0, 0.05) is 24.9 Å². The predicted octanol–water partition coefficient (Wildman–Crippen LogP) is 1.41. The van der Waals surface area contributed by atoms with E-state index in [9.17, 15) is 9.90 Å². The molecule has 3 heteroatoms. The molecule has 3 nitrogen and oxygen atoms in total. The highest BCUT2D eigenvalue weighted by atomic mass is 16.3. The Morgan fingerprint density at radius 2 is 2.07 bits per heavy atom. The summed E-state index contributed by atoms with van der Waals surface area (Å²) >= 11 is 0. The number of likely N-dealkylation sites (tertiary alicyclic amines) is 1. The Morgan fingerprint density at radius 1 is 1.43 bits per heavy atom. The van der Waals surface area contributed by atoms with Crippen LogP contribution in [0.5, 0.6) is 0 Å². The third kappa shape index (κ3) is 2.27. The second-order valence-electron chi connectivity index (χ2n) is 4.28. The summed E-state index contributed by atoms with van der Waals surface area (Å²) in [6.07, 6.45) is 3.54. The average Bonchev–Trinajstić information content (AvgIpc) is 2.61. The molecule has 14 heavy (non-hydrogen) atoms. The van der Waals surface area contributed by atoms with Crippen molar-refractivity contribution >= 4 is 5.91 Å². The van der Waals surface area contributed by atoms with Crippen LogP contribution in [0.15, 0.2) is 0 Å². The maximum absolute atomic E-state index is 11.4. The van der Waals surface area contributed by atoms with E-state index in [1.165, 1.54) is 0 Å². The van der Waals surface area contributed by atoms with Crippen LogP contribution in [0.1, 0.15) is 39.5 Å². The first-order valence-corrected chi connectivity index (χ1v) is 5.56. The molecule has 0 spiro atoms. The maximum atomic E-state index is 11.4. The topological polar surface area (TPSA) is 40.5 Å². The molecule has 0 unspecified atom stereocenters. The van der Waals surface area contributed by atoms with Gasteiger partial charge in [0.15, 0.2) is 0 Å². The summed E-state index contributed by atoms with van der Waals surface area (Å²) in [5, 5.41) is 9.39. The van der Waals surface area contributed by atoms with Crippen molar-refractivity contribution in [3.05, 3.63) is 0 Å². The number of amides is 1. The minimum atomic E-state index is -0.0694. The van der Waals surface area contributed by atoms with E-state index in [1.807, 2.05) is 4.90 Å². The van der Waals surface area contributed by atoms with Crippen LogP contribution in [0.4, 0.5) is 0 Å². The summed E-state index contributed by atoms with van der Waals surface area (Å²) in [5.74, 6) is 0.254. The SMILES string of the molecule is CCC(CC)(CO)CN1CCCC1=O. The Kier molecular flexibility index (Phi) is 3.93. The van der Waals surface area contributed by atoms with Gasteiger partial charge in [-0.05, 0) is 19.3 Å². The van der Waals surface area contributed by atoms with E-state index in [0.717, 1.165) is 32.4 Å². The van der Waals surface area contributed by atoms with Crippen LogP contribution in [0.25, 0.3) is 0 Å². The molecule has 1 rings (SSSR count). The monoisotopic (exact) mass is 199 g/mol. The lowest BCUT2D eigenvalue weighted by Crippen LogP contribution is -2.40. The van der Waals surface area contributed by atoms with Crippen LogP contribution in [-0.2, 0) is 4.79 Å². The Hall–Kier alpha value is -0.570. The molecule has 0 bridgehead atoms. The van der Waals surface area contributed by atoms with Gasteiger partial charge in [-0.3, -0.25) is 4.79 Å². The van der Waals surface area contributed by atoms with E-state index >= 15 is 0 Å². The summed E-state index contributed by atoms with van der Waals surface area (Å²) in [6.45, 7) is 5.96. The highest BCUT2D eigenvalue weighted by molar-refractivity contribution is 5.78. The lowest BCUT2D eigenvalue weighted by Gasteiger charge is -2.33. The lowest BCUT2D eigenvalue weighted by molar-refractivity contribution is -0.129. The molecule has 0 radical (unpaired) electrons. The number of carbonyl (C=O) groups is 1. The summed E-state index contributed by atoms with van der Waals surface area (Å²) < 4.78 is 0. The first kappa shape index (κ1) is 11.5. The first-order valence-electron chi connectivity index (χ1n) is 5.56. The predicted molar refractivity (Wildman–Crippen MR) is 55.9 cm³/mol. The van der Waals surface area contributed by atoms with Crippen molar-refractivity contribution in [1.29, 1.82) is 0 Å². The quantitative estimate of drug-likeness (QED) is 0.727. The summed E-state index contributed by atoms with van der Waals surface area (Å²) in [5.41, 5.74) is -0.0694. The third-order valence-corrected chi connectivity index (χ3v) is 3.53. The van der Waals surface area contributed by atoms with Crippen LogP contribution >= 0.6 is 0 Å². The molecular weight excluding hydrogens is 178 g/mol. The largest absolute Gasteiger partial charge is 0.396 e. The number of rotatable bonds is 5. The minimum absolute atomic E-state index is 0.0694. The number of hydrogen-bond donors (Lipinski definition) is 1. The van der Waals surface area contributed by atoms with Gasteiger partial charge in [-0.15, -0.1) is 0 Å². The van der Waals surface area contributed by atoms with Crippen molar-refractivity contribution in [3.8, 4) is 0 Å². The summed E-state index contributed by atoms with van der Waals surface area (Å²) in [4.78, 5) is 13.4. The molecule has 1 aliphatic heterocycles. The van der Waals surface area contributed by atoms with E-state index in [2.05, 4.69) is 13.8 Å². The standard InChI is InChI=1S/C11H21NO2/c1-3-11(4-2,9-13)8-12-7-5-6-10(12)14/h13H,3-9H2,1-2H3. The molecule has 1 fully saturated rings. The Labute approximate surface area is 86.1 Å². The summed E-state index contributed by atoms with van der Waals surface area (Å²) in [7, 11) is 0. The molecule has 0 aliphatic carbocycles.